The summed E-state index contributed by atoms with van der Waals surface area (Å²) in [5.41, 5.74) is 1.27. The second-order valence-corrected chi connectivity index (χ2v) is 6.84. The topological polar surface area (TPSA) is 54.2 Å². The maximum atomic E-state index is 4.66. The number of aromatic nitrogens is 2. The second-order valence-electron chi connectivity index (χ2n) is 6.84. The summed E-state index contributed by atoms with van der Waals surface area (Å²) < 4.78 is 2.19. The molecule has 0 radical (unpaired) electrons. The van der Waals surface area contributed by atoms with Gasteiger partial charge in [0.1, 0.15) is 5.82 Å². The van der Waals surface area contributed by atoms with Gasteiger partial charge in [-0.2, -0.15) is 0 Å². The smallest absolute Gasteiger partial charge is 0.191 e. The van der Waals surface area contributed by atoms with Gasteiger partial charge in [0.25, 0.3) is 0 Å². The zero-order valence-electron chi connectivity index (χ0n) is 15.6. The average molecular weight is 455 g/mol. The highest BCUT2D eigenvalue weighted by Gasteiger charge is 2.11. The maximum Gasteiger partial charge on any atom is 0.191 e. The second kappa shape index (κ2) is 10.4. The molecule has 0 atom stereocenters. The average Bonchev–Trinajstić information content (AvgIpc) is 2.94. The molecule has 2 aromatic rings. The van der Waals surface area contributed by atoms with Crippen LogP contribution in [0, 0.1) is 0 Å². The van der Waals surface area contributed by atoms with Crippen LogP contribution in [0.3, 0.4) is 0 Å². The minimum Gasteiger partial charge on any atom is -0.357 e. The Morgan fingerprint density at radius 2 is 1.92 bits per heavy atom. The van der Waals surface area contributed by atoms with E-state index < -0.39 is 0 Å². The molecule has 0 unspecified atom stereocenters. The van der Waals surface area contributed by atoms with Crippen molar-refractivity contribution in [2.24, 2.45) is 4.99 Å². The van der Waals surface area contributed by atoms with Gasteiger partial charge in [-0.1, -0.05) is 30.3 Å². The molecule has 2 N–H and O–H groups in total. The van der Waals surface area contributed by atoms with Crippen molar-refractivity contribution in [1.29, 1.82) is 0 Å². The first-order chi connectivity index (χ1) is 11.5. The minimum absolute atomic E-state index is 0. The molecule has 0 aliphatic carbocycles. The molecule has 2 rings (SSSR count). The molecule has 0 bridgehead atoms. The van der Waals surface area contributed by atoms with Gasteiger partial charge in [0.15, 0.2) is 5.96 Å². The van der Waals surface area contributed by atoms with Crippen LogP contribution in [-0.4, -0.2) is 34.1 Å². The molecule has 0 amide bonds. The molecule has 1 heterocycles. The van der Waals surface area contributed by atoms with Crippen LogP contribution in [0.4, 0.5) is 0 Å². The molecule has 138 valence electrons. The Hall–Kier alpha value is -1.57. The first kappa shape index (κ1) is 21.5. The molecule has 6 heteroatoms. The Morgan fingerprint density at radius 1 is 1.20 bits per heavy atom. The van der Waals surface area contributed by atoms with Crippen LogP contribution in [0.1, 0.15) is 39.1 Å². The summed E-state index contributed by atoms with van der Waals surface area (Å²) in [6, 6.07) is 10.4. The highest BCUT2D eigenvalue weighted by Crippen LogP contribution is 2.06. The van der Waals surface area contributed by atoms with Crippen molar-refractivity contribution in [3.05, 3.63) is 54.1 Å². The lowest BCUT2D eigenvalue weighted by Crippen LogP contribution is -2.47. The number of aliphatic imine (C=N–C) groups is 1. The van der Waals surface area contributed by atoms with Gasteiger partial charge in [-0.05, 0) is 33.3 Å². The normalized spacial score (nSPS) is 11.8. The molecule has 1 aromatic carbocycles. The van der Waals surface area contributed by atoms with E-state index in [2.05, 4.69) is 77.1 Å². The number of halogens is 1. The van der Waals surface area contributed by atoms with Crippen LogP contribution in [0.25, 0.3) is 0 Å². The highest BCUT2D eigenvalue weighted by molar-refractivity contribution is 14.0. The number of benzene rings is 1. The third-order valence-electron chi connectivity index (χ3n) is 3.44. The van der Waals surface area contributed by atoms with Crippen molar-refractivity contribution >= 4 is 29.9 Å². The van der Waals surface area contributed by atoms with Crippen LogP contribution >= 0.6 is 24.0 Å². The van der Waals surface area contributed by atoms with Gasteiger partial charge in [0.05, 0.1) is 0 Å². The lowest BCUT2D eigenvalue weighted by Gasteiger charge is -2.23. The molecular formula is C19H30IN5. The number of nitrogens with one attached hydrogen (secondary N) is 2. The fourth-order valence-corrected chi connectivity index (χ4v) is 2.42. The van der Waals surface area contributed by atoms with Crippen molar-refractivity contribution in [3.8, 4) is 0 Å². The van der Waals surface area contributed by atoms with Crippen molar-refractivity contribution < 1.29 is 0 Å². The predicted octanol–water partition coefficient (Wildman–Crippen LogP) is 3.45. The molecule has 0 aliphatic heterocycles. The monoisotopic (exact) mass is 455 g/mol. The largest absolute Gasteiger partial charge is 0.357 e. The highest BCUT2D eigenvalue weighted by atomic mass is 127. The molecular weight excluding hydrogens is 425 g/mol. The SMILES string of the molecule is CCNC(=NCCc1nccn1Cc1ccccc1)NC(C)(C)C.I. The van der Waals surface area contributed by atoms with Crippen LogP contribution in [0.15, 0.2) is 47.7 Å². The predicted molar refractivity (Wildman–Crippen MR) is 116 cm³/mol. The van der Waals surface area contributed by atoms with Crippen molar-refractivity contribution in [1.82, 2.24) is 20.2 Å². The molecule has 0 fully saturated rings. The summed E-state index contributed by atoms with van der Waals surface area (Å²) in [5, 5.41) is 6.69. The van der Waals surface area contributed by atoms with Crippen LogP contribution in [0.2, 0.25) is 0 Å². The van der Waals surface area contributed by atoms with E-state index in [-0.39, 0.29) is 29.5 Å². The van der Waals surface area contributed by atoms with Crippen molar-refractivity contribution in [2.75, 3.05) is 13.1 Å². The van der Waals surface area contributed by atoms with Gasteiger partial charge in [0, 0.05) is 44.0 Å². The van der Waals surface area contributed by atoms with E-state index in [0.717, 1.165) is 31.3 Å². The number of hydrogen-bond acceptors (Lipinski definition) is 2. The maximum absolute atomic E-state index is 4.66. The standard InChI is InChI=1S/C19H29N5.HI/c1-5-20-18(23-19(2,3)4)22-12-11-17-21-13-14-24(17)15-16-9-7-6-8-10-16;/h6-10,13-14H,5,11-12,15H2,1-4H3,(H2,20,22,23);1H. The lowest BCUT2D eigenvalue weighted by atomic mass is 10.1. The van der Waals surface area contributed by atoms with Gasteiger partial charge < -0.3 is 15.2 Å². The van der Waals surface area contributed by atoms with E-state index >= 15 is 0 Å². The fourth-order valence-electron chi connectivity index (χ4n) is 2.42. The quantitative estimate of drug-likeness (QED) is 0.399. The molecule has 5 nitrogen and oxygen atoms in total. The Bertz CT molecular complexity index is 643. The molecule has 0 saturated heterocycles. The van der Waals surface area contributed by atoms with Crippen LogP contribution < -0.4 is 10.6 Å². The Kier molecular flexibility index (Phi) is 8.96. The fraction of sp³-hybridized carbons (Fsp3) is 0.474. The molecule has 0 aliphatic rings. The van der Waals surface area contributed by atoms with Gasteiger partial charge in [-0.3, -0.25) is 4.99 Å². The van der Waals surface area contributed by atoms with Gasteiger partial charge in [0.2, 0.25) is 0 Å². The zero-order chi connectivity index (χ0) is 17.4. The van der Waals surface area contributed by atoms with E-state index in [4.69, 9.17) is 0 Å². The van der Waals surface area contributed by atoms with Crippen molar-refractivity contribution in [2.45, 2.75) is 46.2 Å². The summed E-state index contributed by atoms with van der Waals surface area (Å²) in [7, 11) is 0. The summed E-state index contributed by atoms with van der Waals surface area (Å²) in [6.45, 7) is 10.9. The zero-order valence-corrected chi connectivity index (χ0v) is 18.0. The van der Waals surface area contributed by atoms with Gasteiger partial charge >= 0.3 is 0 Å². The molecule has 1 aromatic heterocycles. The number of imidazole rings is 1. The summed E-state index contributed by atoms with van der Waals surface area (Å²) in [6.07, 6.45) is 4.71. The Morgan fingerprint density at radius 3 is 2.56 bits per heavy atom. The van der Waals surface area contributed by atoms with E-state index in [1.165, 1.54) is 5.56 Å². The number of nitrogens with zero attached hydrogens (tertiary/aromatic N) is 3. The van der Waals surface area contributed by atoms with Crippen molar-refractivity contribution in [3.63, 3.8) is 0 Å². The first-order valence-electron chi connectivity index (χ1n) is 8.58. The molecule has 0 spiro atoms. The minimum atomic E-state index is -0.00716. The first-order valence-corrected chi connectivity index (χ1v) is 8.58. The third kappa shape index (κ3) is 7.90. The summed E-state index contributed by atoms with van der Waals surface area (Å²) >= 11 is 0. The molecule has 25 heavy (non-hydrogen) atoms. The van der Waals surface area contributed by atoms with E-state index in [1.807, 2.05) is 18.5 Å². The Labute approximate surface area is 168 Å². The summed E-state index contributed by atoms with van der Waals surface area (Å²) in [5.74, 6) is 1.92. The number of hydrogen-bond donors (Lipinski definition) is 2. The Balaban J connectivity index is 0.00000312. The lowest BCUT2D eigenvalue weighted by molar-refractivity contribution is 0.501. The van der Waals surface area contributed by atoms with Crippen LogP contribution in [0.5, 0.6) is 0 Å². The van der Waals surface area contributed by atoms with Gasteiger partial charge in [-0.25, -0.2) is 4.98 Å². The van der Waals surface area contributed by atoms with E-state index in [1.54, 1.807) is 0 Å². The van der Waals surface area contributed by atoms with E-state index in [9.17, 15) is 0 Å². The van der Waals surface area contributed by atoms with Crippen LogP contribution in [-0.2, 0) is 13.0 Å². The number of guanidine groups is 1. The third-order valence-corrected chi connectivity index (χ3v) is 3.44. The van der Waals surface area contributed by atoms with Gasteiger partial charge in [-0.15, -0.1) is 24.0 Å². The van der Waals surface area contributed by atoms with E-state index in [0.29, 0.717) is 6.54 Å². The number of rotatable bonds is 6. The molecule has 0 saturated carbocycles. The summed E-state index contributed by atoms with van der Waals surface area (Å²) in [4.78, 5) is 9.15.